The summed E-state index contributed by atoms with van der Waals surface area (Å²) >= 11 is 1.49. The zero-order chi connectivity index (χ0) is 15.9. The molecule has 6 heteroatoms. The van der Waals surface area contributed by atoms with Crippen LogP contribution in [0.4, 0.5) is 5.13 Å². The first-order valence-electron chi connectivity index (χ1n) is 7.00. The van der Waals surface area contributed by atoms with Crippen molar-refractivity contribution in [3.8, 4) is 11.8 Å². The van der Waals surface area contributed by atoms with Crippen LogP contribution in [0.3, 0.4) is 0 Å². The highest BCUT2D eigenvalue weighted by molar-refractivity contribution is 7.13. The molecule has 2 atom stereocenters. The predicted octanol–water partition coefficient (Wildman–Crippen LogP) is 3.01. The van der Waals surface area contributed by atoms with Crippen molar-refractivity contribution in [3.63, 3.8) is 0 Å². The summed E-state index contributed by atoms with van der Waals surface area (Å²) in [5, 5.41) is 25.8. The van der Waals surface area contributed by atoms with E-state index in [2.05, 4.69) is 16.4 Å². The minimum atomic E-state index is -0.766. The van der Waals surface area contributed by atoms with Gasteiger partial charge in [0.15, 0.2) is 5.13 Å². The Morgan fingerprint density at radius 1 is 1.45 bits per heavy atom. The minimum absolute atomic E-state index is 0.377. The van der Waals surface area contributed by atoms with Crippen LogP contribution < -0.4 is 10.1 Å². The second-order valence-corrected chi connectivity index (χ2v) is 6.79. The molecule has 0 radical (unpaired) electrons. The van der Waals surface area contributed by atoms with E-state index in [9.17, 15) is 5.11 Å². The molecule has 0 unspecified atom stereocenters. The maximum atomic E-state index is 10.7. The highest BCUT2D eigenvalue weighted by atomic mass is 32.1. The van der Waals surface area contributed by atoms with Gasteiger partial charge in [0.1, 0.15) is 17.5 Å². The molecule has 2 heterocycles. The number of rotatable bonds is 2. The number of aromatic nitrogens is 1. The summed E-state index contributed by atoms with van der Waals surface area (Å²) in [7, 11) is 0. The van der Waals surface area contributed by atoms with Gasteiger partial charge in [-0.15, -0.1) is 11.3 Å². The van der Waals surface area contributed by atoms with Crippen LogP contribution in [-0.4, -0.2) is 21.8 Å². The second kappa shape index (κ2) is 5.27. The van der Waals surface area contributed by atoms with E-state index in [1.807, 2.05) is 26.2 Å². The van der Waals surface area contributed by atoms with Crippen LogP contribution in [0.5, 0.6) is 5.75 Å². The number of aliphatic hydroxyl groups excluding tert-OH is 1. The summed E-state index contributed by atoms with van der Waals surface area (Å²) in [4.78, 5) is 4.39. The Morgan fingerprint density at radius 3 is 2.86 bits per heavy atom. The van der Waals surface area contributed by atoms with Crippen LogP contribution in [0.1, 0.15) is 36.7 Å². The lowest BCUT2D eigenvalue weighted by Gasteiger charge is -2.42. The monoisotopic (exact) mass is 315 g/mol. The number of aliphatic hydroxyl groups is 1. The van der Waals surface area contributed by atoms with Crippen molar-refractivity contribution in [1.29, 1.82) is 5.26 Å². The number of thiazole rings is 1. The van der Waals surface area contributed by atoms with E-state index in [-0.39, 0.29) is 6.04 Å². The Bertz CT molecular complexity index is 748. The zero-order valence-electron chi connectivity index (χ0n) is 12.6. The SMILES string of the molecule is Cc1csc(N[C@H]2c3cc(C#N)ccc3OC(C)(C)[C@@H]2O)n1. The molecule has 114 valence electrons. The number of benzene rings is 1. The standard InChI is InChI=1S/C16H17N3O2S/c1-9-8-22-15(18-9)19-13-11-6-10(7-17)4-5-12(11)21-16(2,3)14(13)20/h4-6,8,13-14,20H,1-3H3,(H,18,19)/t13-,14+/m0/s1. The van der Waals surface area contributed by atoms with Gasteiger partial charge in [0.05, 0.1) is 23.4 Å². The van der Waals surface area contributed by atoms with Crippen molar-refractivity contribution < 1.29 is 9.84 Å². The first kappa shape index (κ1) is 14.8. The number of anilines is 1. The van der Waals surface area contributed by atoms with Gasteiger partial charge in [-0.3, -0.25) is 0 Å². The Balaban J connectivity index is 2.04. The quantitative estimate of drug-likeness (QED) is 0.890. The zero-order valence-corrected chi connectivity index (χ0v) is 13.4. The number of ether oxygens (including phenoxy) is 1. The molecule has 22 heavy (non-hydrogen) atoms. The van der Waals surface area contributed by atoms with Crippen LogP contribution in [0.25, 0.3) is 0 Å². The van der Waals surface area contributed by atoms with Crippen molar-refractivity contribution in [1.82, 2.24) is 4.98 Å². The predicted molar refractivity (Wildman–Crippen MR) is 85.1 cm³/mol. The average molecular weight is 315 g/mol. The van der Waals surface area contributed by atoms with E-state index in [1.54, 1.807) is 18.2 Å². The highest BCUT2D eigenvalue weighted by Crippen LogP contribution is 2.42. The molecule has 1 aromatic carbocycles. The van der Waals surface area contributed by atoms with Crippen LogP contribution in [0.2, 0.25) is 0 Å². The van der Waals surface area contributed by atoms with Crippen molar-refractivity contribution in [2.24, 2.45) is 0 Å². The largest absolute Gasteiger partial charge is 0.485 e. The van der Waals surface area contributed by atoms with Gasteiger partial charge in [-0.1, -0.05) is 0 Å². The summed E-state index contributed by atoms with van der Waals surface area (Å²) in [5.41, 5.74) is 1.51. The molecule has 0 saturated heterocycles. The topological polar surface area (TPSA) is 78.2 Å². The van der Waals surface area contributed by atoms with Gasteiger partial charge in [-0.05, 0) is 39.0 Å². The Kier molecular flexibility index (Phi) is 3.55. The maximum absolute atomic E-state index is 10.7. The number of aryl methyl sites for hydroxylation is 1. The third kappa shape index (κ3) is 2.54. The van der Waals surface area contributed by atoms with Crippen molar-refractivity contribution in [3.05, 3.63) is 40.4 Å². The van der Waals surface area contributed by atoms with Crippen molar-refractivity contribution >= 4 is 16.5 Å². The fourth-order valence-corrected chi connectivity index (χ4v) is 3.31. The van der Waals surface area contributed by atoms with E-state index in [1.165, 1.54) is 11.3 Å². The number of hydrogen-bond acceptors (Lipinski definition) is 6. The molecule has 2 N–H and O–H groups in total. The second-order valence-electron chi connectivity index (χ2n) is 5.93. The third-order valence-electron chi connectivity index (χ3n) is 3.77. The Morgan fingerprint density at radius 2 is 2.23 bits per heavy atom. The molecule has 0 aliphatic carbocycles. The molecule has 3 rings (SSSR count). The van der Waals surface area contributed by atoms with Crippen LogP contribution >= 0.6 is 11.3 Å². The van der Waals surface area contributed by atoms with E-state index in [0.29, 0.717) is 11.3 Å². The molecule has 0 fully saturated rings. The van der Waals surface area contributed by atoms with Crippen LogP contribution in [-0.2, 0) is 0 Å². The van der Waals surface area contributed by atoms with E-state index < -0.39 is 11.7 Å². The lowest BCUT2D eigenvalue weighted by molar-refractivity contribution is -0.0532. The molecule has 2 aromatic rings. The first-order valence-corrected chi connectivity index (χ1v) is 7.88. The maximum Gasteiger partial charge on any atom is 0.183 e. The van der Waals surface area contributed by atoms with Crippen LogP contribution in [0, 0.1) is 18.3 Å². The summed E-state index contributed by atoms with van der Waals surface area (Å²) in [5.74, 6) is 0.681. The molecule has 1 aliphatic heterocycles. The van der Waals surface area contributed by atoms with Gasteiger partial charge in [0.25, 0.3) is 0 Å². The minimum Gasteiger partial charge on any atom is -0.485 e. The molecule has 0 spiro atoms. The fraction of sp³-hybridized carbons (Fsp3) is 0.375. The normalized spacial score (nSPS) is 22.3. The van der Waals surface area contributed by atoms with Gasteiger partial charge in [-0.25, -0.2) is 4.98 Å². The molecule has 5 nitrogen and oxygen atoms in total. The molecular weight excluding hydrogens is 298 g/mol. The van der Waals surface area contributed by atoms with Gasteiger partial charge >= 0.3 is 0 Å². The van der Waals surface area contributed by atoms with E-state index in [0.717, 1.165) is 16.4 Å². The third-order valence-corrected chi connectivity index (χ3v) is 4.66. The summed E-state index contributed by atoms with van der Waals surface area (Å²) in [6.07, 6.45) is -0.766. The Labute approximate surface area is 133 Å². The van der Waals surface area contributed by atoms with Crippen molar-refractivity contribution in [2.75, 3.05) is 5.32 Å². The average Bonchev–Trinajstić information content (AvgIpc) is 2.88. The number of fused-ring (bicyclic) bond motifs is 1. The van der Waals surface area contributed by atoms with Gasteiger partial charge < -0.3 is 15.2 Å². The van der Waals surface area contributed by atoms with Crippen LogP contribution in [0.15, 0.2) is 23.6 Å². The van der Waals surface area contributed by atoms with Crippen molar-refractivity contribution in [2.45, 2.75) is 38.5 Å². The molecule has 0 saturated carbocycles. The fourth-order valence-electron chi connectivity index (χ4n) is 2.58. The number of nitriles is 1. The highest BCUT2D eigenvalue weighted by Gasteiger charge is 2.43. The summed E-state index contributed by atoms with van der Waals surface area (Å²) < 4.78 is 5.89. The summed E-state index contributed by atoms with van der Waals surface area (Å²) in [6, 6.07) is 7.00. The molecule has 0 bridgehead atoms. The number of hydrogen-bond donors (Lipinski definition) is 2. The van der Waals surface area contributed by atoms with Gasteiger partial charge in [-0.2, -0.15) is 5.26 Å². The van der Waals surface area contributed by atoms with Gasteiger partial charge in [0, 0.05) is 10.9 Å². The number of nitrogens with one attached hydrogen (secondary N) is 1. The van der Waals surface area contributed by atoms with E-state index in [4.69, 9.17) is 10.00 Å². The number of nitrogens with zero attached hydrogens (tertiary/aromatic N) is 2. The lowest BCUT2D eigenvalue weighted by Crippen LogP contribution is -2.50. The smallest absolute Gasteiger partial charge is 0.183 e. The van der Waals surface area contributed by atoms with E-state index >= 15 is 0 Å². The first-order chi connectivity index (χ1) is 10.4. The molecular formula is C16H17N3O2S. The lowest BCUT2D eigenvalue weighted by atomic mass is 9.86. The summed E-state index contributed by atoms with van der Waals surface area (Å²) in [6.45, 7) is 5.62. The molecule has 0 amide bonds. The molecule has 1 aromatic heterocycles. The van der Waals surface area contributed by atoms with Gasteiger partial charge in [0.2, 0.25) is 0 Å². The Hall–Kier alpha value is -2.10. The molecule has 1 aliphatic rings.